The Hall–Kier alpha value is -1.97. The summed E-state index contributed by atoms with van der Waals surface area (Å²) in [5.74, 6) is -0.375. The number of pyridine rings is 1. The average molecular weight is 247 g/mol. The van der Waals surface area contributed by atoms with Gasteiger partial charge in [0.15, 0.2) is 0 Å². The highest BCUT2D eigenvalue weighted by molar-refractivity contribution is 5.92. The van der Waals surface area contributed by atoms with E-state index in [2.05, 4.69) is 10.3 Å². The molecule has 94 valence electrons. The Morgan fingerprint density at radius 2 is 2.50 bits per heavy atom. The molecule has 2 heterocycles. The summed E-state index contributed by atoms with van der Waals surface area (Å²) >= 11 is 0. The molecule has 1 aromatic rings. The summed E-state index contributed by atoms with van der Waals surface area (Å²) < 4.78 is 5.08. The van der Waals surface area contributed by atoms with Crippen LogP contribution in [-0.4, -0.2) is 41.4 Å². The van der Waals surface area contributed by atoms with Crippen molar-refractivity contribution in [1.82, 2.24) is 10.3 Å². The number of hydrogen-bond donors (Lipinski definition) is 2. The van der Waals surface area contributed by atoms with Gasteiger partial charge in [-0.3, -0.25) is 4.79 Å². The van der Waals surface area contributed by atoms with E-state index in [0.717, 1.165) is 0 Å². The lowest BCUT2D eigenvalue weighted by atomic mass is 10.0. The number of hydrogen-bond acceptors (Lipinski definition) is 5. The fourth-order valence-corrected chi connectivity index (χ4v) is 1.67. The number of aliphatic hydroxyl groups is 1. The number of aromatic nitrogens is 1. The highest BCUT2D eigenvalue weighted by atomic mass is 16.5. The van der Waals surface area contributed by atoms with Gasteiger partial charge in [-0.1, -0.05) is 0 Å². The van der Waals surface area contributed by atoms with Crippen molar-refractivity contribution in [2.45, 2.75) is 12.0 Å². The quantitative estimate of drug-likeness (QED) is 0.773. The molecular formula is C12H13N3O3. The van der Waals surface area contributed by atoms with E-state index in [9.17, 15) is 9.90 Å². The van der Waals surface area contributed by atoms with Crippen LogP contribution in [0.4, 0.5) is 0 Å². The van der Waals surface area contributed by atoms with Crippen molar-refractivity contribution in [2.24, 2.45) is 0 Å². The fourth-order valence-electron chi connectivity index (χ4n) is 1.67. The van der Waals surface area contributed by atoms with Crippen LogP contribution in [0.15, 0.2) is 18.3 Å². The van der Waals surface area contributed by atoms with Gasteiger partial charge < -0.3 is 15.2 Å². The van der Waals surface area contributed by atoms with Crippen molar-refractivity contribution in [1.29, 1.82) is 5.26 Å². The summed E-state index contributed by atoms with van der Waals surface area (Å²) in [6.45, 7) is 0.864. The van der Waals surface area contributed by atoms with Gasteiger partial charge in [-0.15, -0.1) is 0 Å². The molecule has 1 fully saturated rings. The first-order chi connectivity index (χ1) is 8.63. The molecule has 1 unspecified atom stereocenters. The maximum Gasteiger partial charge on any atom is 0.269 e. The molecule has 1 amide bonds. The monoisotopic (exact) mass is 247 g/mol. The molecule has 0 saturated carbocycles. The molecule has 1 aliphatic rings. The van der Waals surface area contributed by atoms with E-state index in [1.807, 2.05) is 6.07 Å². The van der Waals surface area contributed by atoms with Crippen molar-refractivity contribution in [3.63, 3.8) is 0 Å². The summed E-state index contributed by atoms with van der Waals surface area (Å²) in [6, 6.07) is 4.92. The van der Waals surface area contributed by atoms with Crippen LogP contribution in [-0.2, 0) is 4.74 Å². The second-order valence-corrected chi connectivity index (χ2v) is 4.25. The zero-order valence-electron chi connectivity index (χ0n) is 9.72. The summed E-state index contributed by atoms with van der Waals surface area (Å²) in [5.41, 5.74) is -0.367. The number of amides is 1. The lowest BCUT2D eigenvalue weighted by molar-refractivity contribution is 0.0264. The zero-order valence-corrected chi connectivity index (χ0v) is 9.72. The Bertz CT molecular complexity index is 472. The fraction of sp³-hybridized carbons (Fsp3) is 0.417. The first-order valence-electron chi connectivity index (χ1n) is 5.57. The topological polar surface area (TPSA) is 95.2 Å². The van der Waals surface area contributed by atoms with Gasteiger partial charge >= 0.3 is 0 Å². The summed E-state index contributed by atoms with van der Waals surface area (Å²) in [4.78, 5) is 15.6. The third kappa shape index (κ3) is 2.83. The number of nitriles is 1. The summed E-state index contributed by atoms with van der Waals surface area (Å²) in [6.07, 6.45) is 1.84. The maximum absolute atomic E-state index is 11.7. The zero-order chi connectivity index (χ0) is 13.0. The molecule has 1 aromatic heterocycles. The van der Waals surface area contributed by atoms with Gasteiger partial charge in [0.25, 0.3) is 5.91 Å². The van der Waals surface area contributed by atoms with Crippen LogP contribution < -0.4 is 5.32 Å². The highest BCUT2D eigenvalue weighted by Gasteiger charge is 2.32. The standard InChI is InChI=1S/C12H13N3O3/c13-5-9-1-2-10(14-6-9)11(16)15-7-12(17)3-4-18-8-12/h1-2,6,17H,3-4,7-8H2,(H,15,16). The van der Waals surface area contributed by atoms with E-state index in [1.54, 1.807) is 0 Å². The number of rotatable bonds is 3. The van der Waals surface area contributed by atoms with Crippen LogP contribution in [0.2, 0.25) is 0 Å². The van der Waals surface area contributed by atoms with Crippen LogP contribution in [0, 0.1) is 11.3 Å². The Morgan fingerprint density at radius 3 is 3.06 bits per heavy atom. The minimum Gasteiger partial charge on any atom is -0.386 e. The summed E-state index contributed by atoms with van der Waals surface area (Å²) in [7, 11) is 0. The molecule has 2 rings (SSSR count). The van der Waals surface area contributed by atoms with Crippen molar-refractivity contribution in [3.05, 3.63) is 29.6 Å². The molecule has 6 nitrogen and oxygen atoms in total. The van der Waals surface area contributed by atoms with E-state index in [4.69, 9.17) is 10.00 Å². The van der Waals surface area contributed by atoms with Gasteiger partial charge in [0.2, 0.25) is 0 Å². The number of carbonyl (C=O) groups excluding carboxylic acids is 1. The van der Waals surface area contributed by atoms with Gasteiger partial charge in [-0.2, -0.15) is 5.26 Å². The SMILES string of the molecule is N#Cc1ccc(C(=O)NCC2(O)CCOC2)nc1. The first-order valence-corrected chi connectivity index (χ1v) is 5.57. The molecule has 2 N–H and O–H groups in total. The first kappa shape index (κ1) is 12.5. The Balaban J connectivity index is 1.93. The van der Waals surface area contributed by atoms with Gasteiger partial charge in [0.1, 0.15) is 17.4 Å². The normalized spacial score (nSPS) is 22.4. The van der Waals surface area contributed by atoms with Crippen LogP contribution in [0.1, 0.15) is 22.5 Å². The van der Waals surface area contributed by atoms with Crippen LogP contribution >= 0.6 is 0 Å². The van der Waals surface area contributed by atoms with Crippen LogP contribution in [0.3, 0.4) is 0 Å². The number of nitrogens with one attached hydrogen (secondary N) is 1. The second kappa shape index (κ2) is 5.12. The Kier molecular flexibility index (Phi) is 3.55. The number of nitrogens with zero attached hydrogens (tertiary/aromatic N) is 2. The van der Waals surface area contributed by atoms with Crippen LogP contribution in [0.25, 0.3) is 0 Å². The van der Waals surface area contributed by atoms with Crippen molar-refractivity contribution in [2.75, 3.05) is 19.8 Å². The van der Waals surface area contributed by atoms with Gasteiger partial charge in [-0.25, -0.2) is 4.98 Å². The minimum atomic E-state index is -0.984. The third-order valence-electron chi connectivity index (χ3n) is 2.79. The van der Waals surface area contributed by atoms with Crippen LogP contribution in [0.5, 0.6) is 0 Å². The molecule has 0 spiro atoms. The van der Waals surface area contributed by atoms with Gasteiger partial charge in [0.05, 0.1) is 12.2 Å². The molecule has 0 radical (unpaired) electrons. The molecule has 1 atom stereocenters. The Morgan fingerprint density at radius 1 is 1.67 bits per heavy atom. The molecule has 1 saturated heterocycles. The van der Waals surface area contributed by atoms with Gasteiger partial charge in [0, 0.05) is 25.8 Å². The second-order valence-electron chi connectivity index (χ2n) is 4.25. The Labute approximate surface area is 104 Å². The van der Waals surface area contributed by atoms with E-state index < -0.39 is 5.60 Å². The lowest BCUT2D eigenvalue weighted by Crippen LogP contribution is -2.43. The van der Waals surface area contributed by atoms with Gasteiger partial charge in [-0.05, 0) is 12.1 Å². The largest absolute Gasteiger partial charge is 0.386 e. The predicted molar refractivity (Wildman–Crippen MR) is 61.7 cm³/mol. The van der Waals surface area contributed by atoms with Crippen molar-refractivity contribution in [3.8, 4) is 6.07 Å². The van der Waals surface area contributed by atoms with E-state index in [1.165, 1.54) is 18.3 Å². The van der Waals surface area contributed by atoms with Crippen molar-refractivity contribution < 1.29 is 14.6 Å². The minimum absolute atomic E-state index is 0.132. The molecule has 0 aliphatic carbocycles. The molecule has 0 bridgehead atoms. The highest BCUT2D eigenvalue weighted by Crippen LogP contribution is 2.16. The van der Waals surface area contributed by atoms with E-state index >= 15 is 0 Å². The van der Waals surface area contributed by atoms with Crippen molar-refractivity contribution >= 4 is 5.91 Å². The van der Waals surface area contributed by atoms with E-state index in [0.29, 0.717) is 18.6 Å². The van der Waals surface area contributed by atoms with E-state index in [-0.39, 0.29) is 24.8 Å². The molecule has 0 aromatic carbocycles. The molecule has 6 heteroatoms. The lowest BCUT2D eigenvalue weighted by Gasteiger charge is -2.20. The molecular weight excluding hydrogens is 234 g/mol. The summed E-state index contributed by atoms with van der Waals surface area (Å²) in [5, 5.41) is 21.2. The maximum atomic E-state index is 11.7. The number of carbonyl (C=O) groups is 1. The smallest absolute Gasteiger partial charge is 0.269 e. The number of ether oxygens (including phenoxy) is 1. The average Bonchev–Trinajstić information content (AvgIpc) is 2.83. The third-order valence-corrected chi connectivity index (χ3v) is 2.79. The molecule has 18 heavy (non-hydrogen) atoms. The predicted octanol–water partition coefficient (Wildman–Crippen LogP) is -0.166. The molecule has 1 aliphatic heterocycles.